The SMILES string of the molecule is CC(C)CC(Nc1cnc(C#N)c(Nc2ccc(-c3ccno3)cc2)n1)C(N)=O. The fraction of sp³-hybridized carbons (Fsp3) is 0.250. The van der Waals surface area contributed by atoms with E-state index < -0.39 is 11.9 Å². The number of hydrogen-bond donors (Lipinski definition) is 3. The third kappa shape index (κ3) is 5.07. The van der Waals surface area contributed by atoms with Gasteiger partial charge in [0.25, 0.3) is 0 Å². The molecule has 0 radical (unpaired) electrons. The molecule has 1 aromatic carbocycles. The Morgan fingerprint density at radius 3 is 2.62 bits per heavy atom. The number of rotatable bonds is 8. The maximum absolute atomic E-state index is 11.7. The van der Waals surface area contributed by atoms with Gasteiger partial charge in [-0.2, -0.15) is 5.26 Å². The smallest absolute Gasteiger partial charge is 0.239 e. The molecule has 0 bridgehead atoms. The Hall–Kier alpha value is -3.93. The first-order valence-electron chi connectivity index (χ1n) is 9.07. The lowest BCUT2D eigenvalue weighted by molar-refractivity contribution is -0.119. The molecule has 4 N–H and O–H groups in total. The summed E-state index contributed by atoms with van der Waals surface area (Å²) in [6.07, 6.45) is 3.54. The predicted octanol–water partition coefficient (Wildman–Crippen LogP) is 3.06. The van der Waals surface area contributed by atoms with Gasteiger partial charge < -0.3 is 20.9 Å². The van der Waals surface area contributed by atoms with Crippen molar-refractivity contribution in [2.24, 2.45) is 11.7 Å². The van der Waals surface area contributed by atoms with Crippen LogP contribution in [0.3, 0.4) is 0 Å². The minimum absolute atomic E-state index is 0.134. The van der Waals surface area contributed by atoms with E-state index >= 15 is 0 Å². The summed E-state index contributed by atoms with van der Waals surface area (Å²) < 4.78 is 5.13. The number of carbonyl (C=O) groups is 1. The quantitative estimate of drug-likeness (QED) is 0.531. The third-order valence-electron chi connectivity index (χ3n) is 4.12. The summed E-state index contributed by atoms with van der Waals surface area (Å²) in [6, 6.07) is 10.6. The summed E-state index contributed by atoms with van der Waals surface area (Å²) in [7, 11) is 0. The predicted molar refractivity (Wildman–Crippen MR) is 108 cm³/mol. The van der Waals surface area contributed by atoms with Crippen LogP contribution in [-0.2, 0) is 4.79 Å². The van der Waals surface area contributed by atoms with Crippen LogP contribution < -0.4 is 16.4 Å². The fourth-order valence-corrected chi connectivity index (χ4v) is 2.74. The Bertz CT molecular complexity index is 1010. The number of nitrogens with one attached hydrogen (secondary N) is 2. The molecule has 1 unspecified atom stereocenters. The molecule has 0 saturated heterocycles. The minimum atomic E-state index is -0.578. The second-order valence-corrected chi connectivity index (χ2v) is 6.87. The van der Waals surface area contributed by atoms with Crippen molar-refractivity contribution in [2.45, 2.75) is 26.3 Å². The van der Waals surface area contributed by atoms with Crippen molar-refractivity contribution in [1.29, 1.82) is 5.26 Å². The van der Waals surface area contributed by atoms with Gasteiger partial charge in [0.05, 0.1) is 12.4 Å². The number of hydrogen-bond acceptors (Lipinski definition) is 8. The average Bonchev–Trinajstić information content (AvgIpc) is 3.23. The molecule has 0 spiro atoms. The van der Waals surface area contributed by atoms with Gasteiger partial charge in [-0.05, 0) is 36.6 Å². The molecule has 3 rings (SSSR count). The number of amides is 1. The van der Waals surface area contributed by atoms with Crippen molar-refractivity contribution in [2.75, 3.05) is 10.6 Å². The molecule has 0 aliphatic heterocycles. The maximum atomic E-state index is 11.7. The molecule has 2 aromatic heterocycles. The van der Waals surface area contributed by atoms with Crippen LogP contribution in [-0.4, -0.2) is 27.1 Å². The molecule has 29 heavy (non-hydrogen) atoms. The number of anilines is 3. The first-order chi connectivity index (χ1) is 14.0. The lowest BCUT2D eigenvalue weighted by Gasteiger charge is -2.18. The van der Waals surface area contributed by atoms with Gasteiger partial charge in [-0.15, -0.1) is 0 Å². The Balaban J connectivity index is 1.80. The highest BCUT2D eigenvalue weighted by Crippen LogP contribution is 2.24. The summed E-state index contributed by atoms with van der Waals surface area (Å²) in [5, 5.41) is 19.1. The first kappa shape index (κ1) is 19.8. The van der Waals surface area contributed by atoms with Crippen LogP contribution in [0, 0.1) is 17.2 Å². The van der Waals surface area contributed by atoms with Gasteiger partial charge in [-0.1, -0.05) is 19.0 Å². The molecule has 1 amide bonds. The summed E-state index contributed by atoms with van der Waals surface area (Å²) in [5.74, 6) is 1.09. The van der Waals surface area contributed by atoms with Crippen molar-refractivity contribution in [3.05, 3.63) is 48.4 Å². The van der Waals surface area contributed by atoms with Gasteiger partial charge in [0.2, 0.25) is 5.91 Å². The highest BCUT2D eigenvalue weighted by atomic mass is 16.5. The normalized spacial score (nSPS) is 11.7. The number of nitrogens with two attached hydrogens (primary N) is 1. The second kappa shape index (κ2) is 8.84. The molecular weight excluding hydrogens is 370 g/mol. The van der Waals surface area contributed by atoms with Crippen molar-refractivity contribution in [3.8, 4) is 17.4 Å². The molecule has 0 saturated carbocycles. The van der Waals surface area contributed by atoms with E-state index in [0.717, 1.165) is 5.56 Å². The van der Waals surface area contributed by atoms with E-state index in [-0.39, 0.29) is 17.4 Å². The zero-order valence-corrected chi connectivity index (χ0v) is 16.1. The Morgan fingerprint density at radius 1 is 1.28 bits per heavy atom. The molecule has 0 aliphatic rings. The lowest BCUT2D eigenvalue weighted by atomic mass is 10.0. The van der Waals surface area contributed by atoms with Crippen LogP contribution in [0.2, 0.25) is 0 Å². The van der Waals surface area contributed by atoms with E-state index in [0.29, 0.717) is 23.7 Å². The van der Waals surface area contributed by atoms with E-state index in [1.807, 2.05) is 44.2 Å². The molecule has 9 heteroatoms. The molecule has 3 aromatic rings. The number of carbonyl (C=O) groups excluding carboxylic acids is 1. The monoisotopic (exact) mass is 391 g/mol. The van der Waals surface area contributed by atoms with E-state index in [2.05, 4.69) is 25.8 Å². The molecular formula is C20H21N7O2. The highest BCUT2D eigenvalue weighted by Gasteiger charge is 2.18. The largest absolute Gasteiger partial charge is 0.368 e. The standard InChI is InChI=1S/C20H21N7O2/c1-12(2)9-15(19(22)28)26-18-11-23-16(10-21)20(27-18)25-14-5-3-13(4-6-14)17-7-8-24-29-17/h3-8,11-12,15H,9H2,1-2H3,(H2,22,28)(H2,25,26,27). The number of benzene rings is 1. The van der Waals surface area contributed by atoms with E-state index in [9.17, 15) is 10.1 Å². The maximum Gasteiger partial charge on any atom is 0.239 e. The van der Waals surface area contributed by atoms with Gasteiger partial charge in [0.1, 0.15) is 17.9 Å². The fourth-order valence-electron chi connectivity index (χ4n) is 2.74. The number of nitriles is 1. The zero-order valence-electron chi connectivity index (χ0n) is 16.1. The topological polar surface area (TPSA) is 143 Å². The first-order valence-corrected chi connectivity index (χ1v) is 9.07. The van der Waals surface area contributed by atoms with Gasteiger partial charge in [0, 0.05) is 17.3 Å². The van der Waals surface area contributed by atoms with Gasteiger partial charge >= 0.3 is 0 Å². The average molecular weight is 391 g/mol. The Labute approximate surface area is 167 Å². The number of primary amides is 1. The van der Waals surface area contributed by atoms with Crippen LogP contribution >= 0.6 is 0 Å². The molecule has 0 aliphatic carbocycles. The van der Waals surface area contributed by atoms with Gasteiger partial charge in [-0.3, -0.25) is 4.79 Å². The summed E-state index contributed by atoms with van der Waals surface area (Å²) in [4.78, 5) is 20.2. The van der Waals surface area contributed by atoms with Crippen molar-refractivity contribution >= 4 is 23.2 Å². The molecule has 148 valence electrons. The molecule has 9 nitrogen and oxygen atoms in total. The Kier molecular flexibility index (Phi) is 6.04. The van der Waals surface area contributed by atoms with E-state index in [4.69, 9.17) is 10.3 Å². The number of aromatic nitrogens is 3. The molecule has 0 fully saturated rings. The summed E-state index contributed by atoms with van der Waals surface area (Å²) in [5.41, 5.74) is 7.19. The summed E-state index contributed by atoms with van der Waals surface area (Å²) in [6.45, 7) is 4.00. The summed E-state index contributed by atoms with van der Waals surface area (Å²) >= 11 is 0. The zero-order chi connectivity index (χ0) is 20.8. The Morgan fingerprint density at radius 2 is 2.03 bits per heavy atom. The molecule has 1 atom stereocenters. The number of nitrogens with zero attached hydrogens (tertiary/aromatic N) is 4. The van der Waals surface area contributed by atoms with Crippen LogP contribution in [0.25, 0.3) is 11.3 Å². The van der Waals surface area contributed by atoms with Crippen LogP contribution in [0.1, 0.15) is 26.0 Å². The van der Waals surface area contributed by atoms with Gasteiger partial charge in [0.15, 0.2) is 17.3 Å². The van der Waals surface area contributed by atoms with Crippen LogP contribution in [0.15, 0.2) is 47.2 Å². The third-order valence-corrected chi connectivity index (χ3v) is 4.12. The lowest BCUT2D eigenvalue weighted by Crippen LogP contribution is -2.36. The second-order valence-electron chi connectivity index (χ2n) is 6.87. The van der Waals surface area contributed by atoms with Crippen LogP contribution in [0.5, 0.6) is 0 Å². The van der Waals surface area contributed by atoms with Crippen LogP contribution in [0.4, 0.5) is 17.3 Å². The van der Waals surface area contributed by atoms with Crippen molar-refractivity contribution in [1.82, 2.24) is 15.1 Å². The van der Waals surface area contributed by atoms with Crippen molar-refractivity contribution < 1.29 is 9.32 Å². The van der Waals surface area contributed by atoms with Gasteiger partial charge in [-0.25, -0.2) is 9.97 Å². The van der Waals surface area contributed by atoms with Crippen molar-refractivity contribution in [3.63, 3.8) is 0 Å². The minimum Gasteiger partial charge on any atom is -0.368 e. The van der Waals surface area contributed by atoms with E-state index in [1.54, 1.807) is 12.3 Å². The molecule has 2 heterocycles. The highest BCUT2D eigenvalue weighted by molar-refractivity contribution is 5.82. The van der Waals surface area contributed by atoms with E-state index in [1.165, 1.54) is 6.20 Å².